The van der Waals surface area contributed by atoms with Crippen LogP contribution in [0.3, 0.4) is 0 Å². The minimum Gasteiger partial charge on any atom is -0.462 e. The van der Waals surface area contributed by atoms with Gasteiger partial charge in [-0.25, -0.2) is 0 Å². The van der Waals surface area contributed by atoms with Gasteiger partial charge in [-0.2, -0.15) is 5.26 Å². The molecule has 128 valence electrons. The highest BCUT2D eigenvalue weighted by Gasteiger charge is 2.36. The maximum absolute atomic E-state index is 12.4. The molecule has 0 bridgehead atoms. The Morgan fingerprint density at radius 1 is 1.15 bits per heavy atom. The van der Waals surface area contributed by atoms with E-state index in [9.17, 15) is 10.1 Å². The van der Waals surface area contributed by atoms with Crippen LogP contribution in [-0.4, -0.2) is 5.91 Å². The van der Waals surface area contributed by atoms with Crippen molar-refractivity contribution < 1.29 is 9.21 Å². The number of hydrogen-bond donors (Lipinski definition) is 2. The number of amides is 1. The summed E-state index contributed by atoms with van der Waals surface area (Å²) in [5.74, 6) is 0.850. The van der Waals surface area contributed by atoms with Gasteiger partial charge in [0.2, 0.25) is 0 Å². The predicted octanol–water partition coefficient (Wildman–Crippen LogP) is 4.04. The standard InChI is InChI=1S/C20H15N3O2S/c1-12-9-10-17(25-12)18-22-19(24)15(11-21)20(26)23(18)16-8-4-6-13-5-2-3-7-14(13)16/h2-10,18,26H,1H3,(H,22,24). The molecule has 1 N–H and O–H groups in total. The average Bonchev–Trinajstić information content (AvgIpc) is 3.08. The molecule has 1 amide bonds. The van der Waals surface area contributed by atoms with Crippen LogP contribution in [0.5, 0.6) is 0 Å². The monoisotopic (exact) mass is 361 g/mol. The molecular formula is C20H15N3O2S. The van der Waals surface area contributed by atoms with Crippen molar-refractivity contribution in [3.05, 3.63) is 76.7 Å². The second-order valence-electron chi connectivity index (χ2n) is 6.00. The van der Waals surface area contributed by atoms with Crippen molar-refractivity contribution in [3.8, 4) is 6.07 Å². The summed E-state index contributed by atoms with van der Waals surface area (Å²) >= 11 is 4.52. The van der Waals surface area contributed by atoms with Gasteiger partial charge in [0.1, 0.15) is 23.2 Å². The van der Waals surface area contributed by atoms with Gasteiger partial charge in [-0.3, -0.25) is 4.79 Å². The largest absolute Gasteiger partial charge is 0.462 e. The first-order chi connectivity index (χ1) is 12.6. The number of nitrogens with one attached hydrogen (secondary N) is 1. The van der Waals surface area contributed by atoms with Gasteiger partial charge in [-0.05, 0) is 30.5 Å². The van der Waals surface area contributed by atoms with Gasteiger partial charge in [-0.1, -0.05) is 36.4 Å². The van der Waals surface area contributed by atoms with Crippen molar-refractivity contribution in [3.63, 3.8) is 0 Å². The van der Waals surface area contributed by atoms with E-state index in [0.29, 0.717) is 10.8 Å². The summed E-state index contributed by atoms with van der Waals surface area (Å²) in [5, 5.41) is 14.6. The van der Waals surface area contributed by atoms with Crippen LogP contribution in [0.4, 0.5) is 5.69 Å². The Kier molecular flexibility index (Phi) is 3.94. The smallest absolute Gasteiger partial charge is 0.266 e. The minimum absolute atomic E-state index is 0.0270. The quantitative estimate of drug-likeness (QED) is 0.676. The molecule has 1 aliphatic rings. The molecule has 0 aliphatic carbocycles. The number of anilines is 1. The second-order valence-corrected chi connectivity index (χ2v) is 6.43. The Labute approximate surface area is 155 Å². The number of nitriles is 1. The lowest BCUT2D eigenvalue weighted by molar-refractivity contribution is -0.118. The van der Waals surface area contributed by atoms with Crippen LogP contribution < -0.4 is 10.2 Å². The van der Waals surface area contributed by atoms with Crippen molar-refractivity contribution in [2.24, 2.45) is 0 Å². The lowest BCUT2D eigenvalue weighted by Crippen LogP contribution is -2.46. The summed E-state index contributed by atoms with van der Waals surface area (Å²) in [4.78, 5) is 14.2. The first-order valence-corrected chi connectivity index (χ1v) is 8.52. The molecule has 26 heavy (non-hydrogen) atoms. The van der Waals surface area contributed by atoms with Crippen LogP contribution in [0.25, 0.3) is 10.8 Å². The Balaban J connectivity index is 1.97. The highest BCUT2D eigenvalue weighted by atomic mass is 32.1. The average molecular weight is 361 g/mol. The minimum atomic E-state index is -0.591. The molecule has 6 heteroatoms. The number of aryl methyl sites for hydroxylation is 1. The third-order valence-corrected chi connectivity index (χ3v) is 4.81. The van der Waals surface area contributed by atoms with Gasteiger partial charge >= 0.3 is 0 Å². The van der Waals surface area contributed by atoms with Crippen LogP contribution in [0.15, 0.2) is 69.6 Å². The molecule has 5 nitrogen and oxygen atoms in total. The zero-order valence-electron chi connectivity index (χ0n) is 13.9. The van der Waals surface area contributed by atoms with E-state index in [1.54, 1.807) is 0 Å². The van der Waals surface area contributed by atoms with Crippen LogP contribution >= 0.6 is 12.6 Å². The first kappa shape index (κ1) is 16.3. The number of nitrogens with zero attached hydrogens (tertiary/aromatic N) is 2. The van der Waals surface area contributed by atoms with E-state index in [4.69, 9.17) is 4.42 Å². The summed E-state index contributed by atoms with van der Waals surface area (Å²) in [5.41, 5.74) is 0.806. The number of rotatable bonds is 2. The van der Waals surface area contributed by atoms with Crippen LogP contribution in [0, 0.1) is 18.3 Å². The number of fused-ring (bicyclic) bond motifs is 1. The van der Waals surface area contributed by atoms with Crippen molar-refractivity contribution in [2.75, 3.05) is 4.90 Å². The zero-order chi connectivity index (χ0) is 18.3. The van der Waals surface area contributed by atoms with Gasteiger partial charge < -0.3 is 14.6 Å². The summed E-state index contributed by atoms with van der Waals surface area (Å²) < 4.78 is 5.76. The molecule has 2 heterocycles. The number of benzene rings is 2. The van der Waals surface area contributed by atoms with E-state index >= 15 is 0 Å². The molecule has 0 spiro atoms. The van der Waals surface area contributed by atoms with Crippen LogP contribution in [0.1, 0.15) is 17.7 Å². The molecule has 1 atom stereocenters. The van der Waals surface area contributed by atoms with E-state index in [1.807, 2.05) is 72.5 Å². The fourth-order valence-corrected chi connectivity index (χ4v) is 3.55. The number of furan rings is 1. The Morgan fingerprint density at radius 3 is 2.65 bits per heavy atom. The molecule has 3 aromatic rings. The Bertz CT molecular complexity index is 1090. The van der Waals surface area contributed by atoms with Gasteiger partial charge in [0.15, 0.2) is 6.17 Å². The SMILES string of the molecule is Cc1ccc(C2NC(=O)C(C#N)=C(S)N2c2cccc3ccccc23)o1. The highest BCUT2D eigenvalue weighted by molar-refractivity contribution is 7.84. The second kappa shape index (κ2) is 6.28. The number of thiol groups is 1. The molecular weight excluding hydrogens is 346 g/mol. The Morgan fingerprint density at radius 2 is 1.92 bits per heavy atom. The number of hydrogen-bond acceptors (Lipinski definition) is 5. The topological polar surface area (TPSA) is 69.3 Å². The van der Waals surface area contributed by atoms with Gasteiger partial charge in [0, 0.05) is 5.39 Å². The lowest BCUT2D eigenvalue weighted by atomic mass is 10.1. The maximum atomic E-state index is 12.4. The van der Waals surface area contributed by atoms with Crippen LogP contribution in [0.2, 0.25) is 0 Å². The number of carbonyl (C=O) groups is 1. The van der Waals surface area contributed by atoms with Crippen LogP contribution in [-0.2, 0) is 4.79 Å². The molecule has 1 unspecified atom stereocenters. The lowest BCUT2D eigenvalue weighted by Gasteiger charge is -2.37. The van der Waals surface area contributed by atoms with E-state index in [1.165, 1.54) is 0 Å². The third-order valence-electron chi connectivity index (χ3n) is 4.37. The van der Waals surface area contributed by atoms with Crippen molar-refractivity contribution in [1.29, 1.82) is 5.26 Å². The zero-order valence-corrected chi connectivity index (χ0v) is 14.8. The fourth-order valence-electron chi connectivity index (χ4n) is 3.18. The summed E-state index contributed by atoms with van der Waals surface area (Å²) in [6, 6.07) is 19.4. The van der Waals surface area contributed by atoms with Crippen molar-refractivity contribution >= 4 is 35.0 Å². The van der Waals surface area contributed by atoms with E-state index in [0.717, 1.165) is 22.2 Å². The summed E-state index contributed by atoms with van der Waals surface area (Å²) in [6.07, 6.45) is -0.591. The molecule has 0 saturated heterocycles. The Hall–Kier alpha value is -3.17. The molecule has 1 aliphatic heterocycles. The first-order valence-electron chi connectivity index (χ1n) is 8.07. The highest BCUT2D eigenvalue weighted by Crippen LogP contribution is 2.39. The van der Waals surface area contributed by atoms with Crippen molar-refractivity contribution in [1.82, 2.24) is 5.32 Å². The summed E-state index contributed by atoms with van der Waals surface area (Å²) in [6.45, 7) is 1.84. The predicted molar refractivity (Wildman–Crippen MR) is 102 cm³/mol. The summed E-state index contributed by atoms with van der Waals surface area (Å²) in [7, 11) is 0. The fraction of sp³-hybridized carbons (Fsp3) is 0.100. The van der Waals surface area contributed by atoms with Crippen molar-refractivity contribution in [2.45, 2.75) is 13.1 Å². The van der Waals surface area contributed by atoms with E-state index in [-0.39, 0.29) is 5.57 Å². The molecule has 2 aromatic carbocycles. The maximum Gasteiger partial charge on any atom is 0.266 e. The normalized spacial score (nSPS) is 17.3. The molecule has 1 aromatic heterocycles. The third kappa shape index (κ3) is 2.54. The van der Waals surface area contributed by atoms with Gasteiger partial charge in [0.05, 0.1) is 10.7 Å². The van der Waals surface area contributed by atoms with E-state index in [2.05, 4.69) is 17.9 Å². The van der Waals surface area contributed by atoms with Gasteiger partial charge in [-0.15, -0.1) is 12.6 Å². The van der Waals surface area contributed by atoms with Gasteiger partial charge in [0.25, 0.3) is 5.91 Å². The number of carbonyl (C=O) groups excluding carboxylic acids is 1. The molecule has 4 rings (SSSR count). The molecule has 0 fully saturated rings. The van der Waals surface area contributed by atoms with E-state index < -0.39 is 12.1 Å². The molecule has 0 saturated carbocycles. The molecule has 0 radical (unpaired) electrons.